The lowest BCUT2D eigenvalue weighted by molar-refractivity contribution is -0.137. The summed E-state index contributed by atoms with van der Waals surface area (Å²) in [5.74, 6) is 0.340. The number of nitrogen functional groups attached to an aromatic ring is 1. The molecule has 6 heteroatoms. The van der Waals surface area contributed by atoms with E-state index in [1.165, 1.54) is 18.3 Å². The predicted molar refractivity (Wildman–Crippen MR) is 63.4 cm³/mol. The maximum absolute atomic E-state index is 12.4. The molecule has 0 saturated carbocycles. The first-order chi connectivity index (χ1) is 8.45. The number of benzene rings is 1. The zero-order valence-electron chi connectivity index (χ0n) is 9.20. The molecule has 1 aromatic heterocycles. The van der Waals surface area contributed by atoms with Crippen molar-refractivity contribution in [1.29, 1.82) is 0 Å². The summed E-state index contributed by atoms with van der Waals surface area (Å²) in [6.07, 6.45) is -2.80. The van der Waals surface area contributed by atoms with E-state index in [9.17, 15) is 13.2 Å². The molecule has 1 aromatic carbocycles. The Kier molecular flexibility index (Phi) is 3.10. The normalized spacial score (nSPS) is 11.3. The number of halogens is 3. The van der Waals surface area contributed by atoms with Crippen molar-refractivity contribution in [3.05, 3.63) is 48.2 Å². The van der Waals surface area contributed by atoms with Crippen LogP contribution in [0.1, 0.15) is 5.56 Å². The molecule has 2 rings (SSSR count). The monoisotopic (exact) mass is 253 g/mol. The van der Waals surface area contributed by atoms with Gasteiger partial charge in [-0.05, 0) is 30.3 Å². The second kappa shape index (κ2) is 4.56. The highest BCUT2D eigenvalue weighted by Crippen LogP contribution is 2.30. The lowest BCUT2D eigenvalue weighted by Crippen LogP contribution is -2.04. The molecule has 1 heterocycles. The van der Waals surface area contributed by atoms with Crippen LogP contribution in [0.15, 0.2) is 42.6 Å². The quantitative estimate of drug-likeness (QED) is 0.862. The van der Waals surface area contributed by atoms with Crippen molar-refractivity contribution in [2.24, 2.45) is 0 Å². The Hall–Kier alpha value is -2.24. The Bertz CT molecular complexity index is 535. The number of pyridine rings is 1. The number of hydrogen-bond donors (Lipinski definition) is 2. The van der Waals surface area contributed by atoms with Gasteiger partial charge in [0.15, 0.2) is 0 Å². The number of nitrogens with zero attached hydrogens (tertiary/aromatic N) is 1. The second-order valence-electron chi connectivity index (χ2n) is 3.67. The summed E-state index contributed by atoms with van der Waals surface area (Å²) < 4.78 is 37.1. The number of anilines is 3. The smallest absolute Gasteiger partial charge is 0.384 e. The zero-order chi connectivity index (χ0) is 13.2. The van der Waals surface area contributed by atoms with Gasteiger partial charge in [-0.3, -0.25) is 0 Å². The van der Waals surface area contributed by atoms with Crippen molar-refractivity contribution in [1.82, 2.24) is 4.98 Å². The van der Waals surface area contributed by atoms with Crippen molar-refractivity contribution >= 4 is 17.2 Å². The van der Waals surface area contributed by atoms with E-state index in [0.717, 1.165) is 12.1 Å². The molecule has 0 saturated heterocycles. The molecule has 0 radical (unpaired) electrons. The van der Waals surface area contributed by atoms with Gasteiger partial charge in [0, 0.05) is 23.6 Å². The number of hydrogen-bond acceptors (Lipinski definition) is 3. The average Bonchev–Trinajstić information content (AvgIpc) is 2.28. The van der Waals surface area contributed by atoms with Crippen molar-refractivity contribution in [2.75, 3.05) is 11.1 Å². The minimum atomic E-state index is -4.32. The van der Waals surface area contributed by atoms with Crippen molar-refractivity contribution in [2.45, 2.75) is 6.18 Å². The Labute approximate surface area is 101 Å². The fourth-order valence-electron chi connectivity index (χ4n) is 1.44. The summed E-state index contributed by atoms with van der Waals surface area (Å²) in [6.45, 7) is 0. The van der Waals surface area contributed by atoms with Gasteiger partial charge in [0.1, 0.15) is 5.82 Å². The van der Waals surface area contributed by atoms with Gasteiger partial charge in [-0.25, -0.2) is 4.98 Å². The van der Waals surface area contributed by atoms with Crippen LogP contribution in [0.25, 0.3) is 0 Å². The van der Waals surface area contributed by atoms with E-state index >= 15 is 0 Å². The molecule has 0 bridgehead atoms. The van der Waals surface area contributed by atoms with Gasteiger partial charge in [-0.1, -0.05) is 0 Å². The number of alkyl halides is 3. The van der Waals surface area contributed by atoms with Gasteiger partial charge in [-0.2, -0.15) is 13.2 Å². The summed E-state index contributed by atoms with van der Waals surface area (Å²) in [5.41, 5.74) is 6.03. The van der Waals surface area contributed by atoms with Crippen molar-refractivity contribution in [3.8, 4) is 0 Å². The maximum atomic E-state index is 12.4. The Morgan fingerprint density at radius 1 is 1.00 bits per heavy atom. The molecule has 2 aromatic rings. The number of aromatic nitrogens is 1. The SMILES string of the molecule is Nc1cc(Nc2ccc(C(F)(F)F)cc2)ccn1. The predicted octanol–water partition coefficient (Wildman–Crippen LogP) is 3.43. The third-order valence-electron chi connectivity index (χ3n) is 2.28. The van der Waals surface area contributed by atoms with E-state index in [1.54, 1.807) is 12.1 Å². The molecule has 0 fully saturated rings. The first kappa shape index (κ1) is 12.2. The zero-order valence-corrected chi connectivity index (χ0v) is 9.20. The molecule has 0 aliphatic rings. The third kappa shape index (κ3) is 2.91. The van der Waals surface area contributed by atoms with E-state index in [-0.39, 0.29) is 0 Å². The highest BCUT2D eigenvalue weighted by atomic mass is 19.4. The molecule has 0 unspecified atom stereocenters. The van der Waals surface area contributed by atoms with Crippen LogP contribution >= 0.6 is 0 Å². The van der Waals surface area contributed by atoms with E-state index in [0.29, 0.717) is 17.2 Å². The highest BCUT2D eigenvalue weighted by molar-refractivity contribution is 5.61. The van der Waals surface area contributed by atoms with E-state index in [4.69, 9.17) is 5.73 Å². The lowest BCUT2D eigenvalue weighted by atomic mass is 10.2. The fraction of sp³-hybridized carbons (Fsp3) is 0.0833. The first-order valence-electron chi connectivity index (χ1n) is 5.11. The molecular weight excluding hydrogens is 243 g/mol. The third-order valence-corrected chi connectivity index (χ3v) is 2.28. The van der Waals surface area contributed by atoms with Crippen molar-refractivity contribution in [3.63, 3.8) is 0 Å². The minimum absolute atomic E-state index is 0.340. The van der Waals surface area contributed by atoms with Crippen LogP contribution in [0.3, 0.4) is 0 Å². The van der Waals surface area contributed by atoms with Crippen LogP contribution in [0.2, 0.25) is 0 Å². The summed E-state index contributed by atoms with van der Waals surface area (Å²) in [7, 11) is 0. The average molecular weight is 253 g/mol. The molecule has 3 N–H and O–H groups in total. The summed E-state index contributed by atoms with van der Waals surface area (Å²) >= 11 is 0. The molecule has 3 nitrogen and oxygen atoms in total. The van der Waals surface area contributed by atoms with Gasteiger partial charge in [0.25, 0.3) is 0 Å². The Balaban J connectivity index is 2.16. The summed E-state index contributed by atoms with van der Waals surface area (Å²) in [6, 6.07) is 8.03. The molecule has 0 atom stereocenters. The lowest BCUT2D eigenvalue weighted by Gasteiger charge is -2.09. The Morgan fingerprint density at radius 3 is 2.22 bits per heavy atom. The van der Waals surface area contributed by atoms with Crippen LogP contribution < -0.4 is 11.1 Å². The standard InChI is InChI=1S/C12H10F3N3/c13-12(14,15)8-1-3-9(4-2-8)18-10-5-6-17-11(16)7-10/h1-7H,(H3,16,17,18). The topological polar surface area (TPSA) is 50.9 Å². The Morgan fingerprint density at radius 2 is 1.67 bits per heavy atom. The molecule has 18 heavy (non-hydrogen) atoms. The number of nitrogens with one attached hydrogen (secondary N) is 1. The van der Waals surface area contributed by atoms with Crippen LogP contribution in [0.5, 0.6) is 0 Å². The van der Waals surface area contributed by atoms with Crippen LogP contribution in [-0.2, 0) is 6.18 Å². The molecule has 0 spiro atoms. The van der Waals surface area contributed by atoms with Crippen LogP contribution in [-0.4, -0.2) is 4.98 Å². The largest absolute Gasteiger partial charge is 0.416 e. The summed E-state index contributed by atoms with van der Waals surface area (Å²) in [5, 5.41) is 2.94. The fourth-order valence-corrected chi connectivity index (χ4v) is 1.44. The highest BCUT2D eigenvalue weighted by Gasteiger charge is 2.29. The molecule has 94 valence electrons. The summed E-state index contributed by atoms with van der Waals surface area (Å²) in [4.78, 5) is 3.82. The maximum Gasteiger partial charge on any atom is 0.416 e. The minimum Gasteiger partial charge on any atom is -0.384 e. The van der Waals surface area contributed by atoms with Gasteiger partial charge in [-0.15, -0.1) is 0 Å². The van der Waals surface area contributed by atoms with Gasteiger partial charge >= 0.3 is 6.18 Å². The molecule has 0 aliphatic carbocycles. The molecule has 0 amide bonds. The van der Waals surface area contributed by atoms with Gasteiger partial charge in [0.05, 0.1) is 5.56 Å². The molecular formula is C12H10F3N3. The van der Waals surface area contributed by atoms with Gasteiger partial charge < -0.3 is 11.1 Å². The van der Waals surface area contributed by atoms with Crippen LogP contribution in [0, 0.1) is 0 Å². The number of rotatable bonds is 2. The van der Waals surface area contributed by atoms with E-state index in [1.807, 2.05) is 0 Å². The van der Waals surface area contributed by atoms with Crippen molar-refractivity contribution < 1.29 is 13.2 Å². The van der Waals surface area contributed by atoms with Crippen LogP contribution in [0.4, 0.5) is 30.4 Å². The van der Waals surface area contributed by atoms with E-state index < -0.39 is 11.7 Å². The molecule has 0 aliphatic heterocycles. The van der Waals surface area contributed by atoms with Gasteiger partial charge in [0.2, 0.25) is 0 Å². The number of nitrogens with two attached hydrogens (primary N) is 1. The van der Waals surface area contributed by atoms with E-state index in [2.05, 4.69) is 10.3 Å². The second-order valence-corrected chi connectivity index (χ2v) is 3.67. The first-order valence-corrected chi connectivity index (χ1v) is 5.11.